The molecule has 1 fully saturated rings. The molecule has 0 radical (unpaired) electrons. The van der Waals surface area contributed by atoms with Gasteiger partial charge < -0.3 is 15.3 Å². The van der Waals surface area contributed by atoms with Gasteiger partial charge in [-0.25, -0.2) is 4.39 Å². The fraction of sp³-hybridized carbons (Fsp3) is 0.515. The third-order valence-corrected chi connectivity index (χ3v) is 9.17. The summed E-state index contributed by atoms with van der Waals surface area (Å²) in [6, 6.07) is 13.0. The fourth-order valence-corrected chi connectivity index (χ4v) is 6.30. The van der Waals surface area contributed by atoms with Gasteiger partial charge in [0.15, 0.2) is 0 Å². The maximum atomic E-state index is 14.2. The average Bonchev–Trinajstić information content (AvgIpc) is 3.23. The molecule has 0 saturated heterocycles. The van der Waals surface area contributed by atoms with E-state index in [1.54, 1.807) is 24.3 Å². The van der Waals surface area contributed by atoms with Crippen LogP contribution in [0.2, 0.25) is 0 Å². The molecule has 41 heavy (non-hydrogen) atoms. The van der Waals surface area contributed by atoms with Gasteiger partial charge in [0, 0.05) is 17.7 Å². The highest BCUT2D eigenvalue weighted by molar-refractivity contribution is 6.46. The quantitative estimate of drug-likeness (QED) is 0.325. The molecule has 4 rings (SSSR count). The Morgan fingerprint density at radius 1 is 1.10 bits per heavy atom. The first-order chi connectivity index (χ1) is 19.5. The van der Waals surface area contributed by atoms with Crippen molar-refractivity contribution in [3.05, 3.63) is 71.0 Å². The van der Waals surface area contributed by atoms with E-state index in [2.05, 4.69) is 33.0 Å². The highest BCUT2D eigenvalue weighted by atomic mass is 19.1. The predicted octanol–water partition coefficient (Wildman–Crippen LogP) is 6.53. The summed E-state index contributed by atoms with van der Waals surface area (Å²) in [6.45, 7) is 9.01. The average molecular weight is 564 g/mol. The Hall–Kier alpha value is -3.55. The zero-order valence-electron chi connectivity index (χ0n) is 24.6. The second-order valence-electron chi connectivity index (χ2n) is 12.1. The highest BCUT2D eigenvalue weighted by Crippen LogP contribution is 2.50. The van der Waals surface area contributed by atoms with Crippen LogP contribution in [-0.2, 0) is 9.59 Å². The van der Waals surface area contributed by atoms with Crippen molar-refractivity contribution in [3.8, 4) is 0 Å². The van der Waals surface area contributed by atoms with Gasteiger partial charge in [0.05, 0.1) is 12.5 Å². The number of amides is 2. The maximum absolute atomic E-state index is 14.2. The van der Waals surface area contributed by atoms with E-state index >= 15 is 0 Å². The molecule has 2 amide bonds. The van der Waals surface area contributed by atoms with Crippen LogP contribution in [0.5, 0.6) is 0 Å². The number of hydrogen-bond acceptors (Lipinski definition) is 4. The number of aliphatic carboxylic acids is 1. The molecule has 0 bridgehead atoms. The number of carboxylic acids is 1. The van der Waals surface area contributed by atoms with Crippen LogP contribution >= 0.6 is 0 Å². The normalized spacial score (nSPS) is 21.6. The van der Waals surface area contributed by atoms with Gasteiger partial charge in [-0.3, -0.25) is 19.4 Å². The first-order valence-corrected chi connectivity index (χ1v) is 14.8. The molecule has 2 aromatic rings. The monoisotopic (exact) mass is 563 g/mol. The summed E-state index contributed by atoms with van der Waals surface area (Å²) in [5.41, 5.74) is 1.90. The minimum Gasteiger partial charge on any atom is -0.481 e. The van der Waals surface area contributed by atoms with E-state index < -0.39 is 11.6 Å². The summed E-state index contributed by atoms with van der Waals surface area (Å²) in [6.07, 6.45) is 6.00. The fourth-order valence-electron chi connectivity index (χ4n) is 6.30. The molecule has 7 nitrogen and oxygen atoms in total. The lowest BCUT2D eigenvalue weighted by Crippen LogP contribution is -2.51. The van der Waals surface area contributed by atoms with Crippen LogP contribution in [0.3, 0.4) is 0 Å². The zero-order chi connectivity index (χ0) is 29.8. The summed E-state index contributed by atoms with van der Waals surface area (Å²) in [7, 11) is 0. The molecule has 1 heterocycles. The van der Waals surface area contributed by atoms with E-state index in [1.807, 2.05) is 17.0 Å². The number of nitrogens with zero attached hydrogens (tertiary/aromatic N) is 2. The number of aliphatic imine (C=N–C) groups is 1. The van der Waals surface area contributed by atoms with Crippen LogP contribution in [0.4, 0.5) is 4.39 Å². The largest absolute Gasteiger partial charge is 0.481 e. The second kappa shape index (κ2) is 12.5. The molecule has 1 atom stereocenters. The summed E-state index contributed by atoms with van der Waals surface area (Å²) < 4.78 is 13.7. The Bertz CT molecular complexity index is 1280. The summed E-state index contributed by atoms with van der Waals surface area (Å²) >= 11 is 0. The molecule has 1 aliphatic carbocycles. The number of halogens is 1. The van der Waals surface area contributed by atoms with Gasteiger partial charge in [0.25, 0.3) is 11.8 Å². The standard InChI is InChI=1S/C33H42FN3O4/c1-5-7-27(22-8-10-24(11-9-22)30(40)35-21-18-28(38)39)37-31(41)29(23-12-14-26(34)15-13-23)36-33(37)19-16-25(17-20-33)32(3,4)6-2/h8-15,25,27H,5-7,16-21H2,1-4H3,(H,35,40)(H,38,39). The van der Waals surface area contributed by atoms with Crippen LogP contribution in [0.25, 0.3) is 0 Å². The van der Waals surface area contributed by atoms with Gasteiger partial charge >= 0.3 is 5.97 Å². The molecule has 1 spiro atoms. The number of hydrogen-bond donors (Lipinski definition) is 2. The SMILES string of the molecule is CCCC(c1ccc(C(=O)NCCC(=O)O)cc1)N1C(=O)C(c2ccc(F)cc2)=NC12CCC(C(C)(C)CC)CC2. The van der Waals surface area contributed by atoms with Crippen molar-refractivity contribution >= 4 is 23.5 Å². The van der Waals surface area contributed by atoms with Gasteiger partial charge in [0.1, 0.15) is 17.2 Å². The number of nitrogens with one attached hydrogen (secondary N) is 1. The van der Waals surface area contributed by atoms with Crippen molar-refractivity contribution in [2.75, 3.05) is 6.54 Å². The van der Waals surface area contributed by atoms with Gasteiger partial charge in [0.2, 0.25) is 0 Å². The van der Waals surface area contributed by atoms with Crippen molar-refractivity contribution in [2.24, 2.45) is 16.3 Å². The third-order valence-electron chi connectivity index (χ3n) is 9.17. The summed E-state index contributed by atoms with van der Waals surface area (Å²) in [4.78, 5) is 44.7. The molecule has 220 valence electrons. The Kier molecular flexibility index (Phi) is 9.30. The molecule has 2 N–H and O–H groups in total. The molecular formula is C33H42FN3O4. The Balaban J connectivity index is 1.67. The Morgan fingerprint density at radius 2 is 1.73 bits per heavy atom. The molecule has 8 heteroatoms. The van der Waals surface area contributed by atoms with Crippen LogP contribution in [0.15, 0.2) is 53.5 Å². The Labute approximate surface area is 242 Å². The lowest BCUT2D eigenvalue weighted by Gasteiger charge is -2.48. The maximum Gasteiger partial charge on any atom is 0.305 e. The van der Waals surface area contributed by atoms with E-state index in [4.69, 9.17) is 10.1 Å². The number of benzene rings is 2. The first-order valence-electron chi connectivity index (χ1n) is 14.8. The van der Waals surface area contributed by atoms with E-state index in [0.29, 0.717) is 22.8 Å². The zero-order valence-corrected chi connectivity index (χ0v) is 24.6. The lowest BCUT2D eigenvalue weighted by molar-refractivity contribution is -0.137. The lowest BCUT2D eigenvalue weighted by atomic mass is 9.67. The first kappa shape index (κ1) is 30.4. The van der Waals surface area contributed by atoms with Gasteiger partial charge in [-0.05, 0) is 85.4 Å². The summed E-state index contributed by atoms with van der Waals surface area (Å²) in [5, 5.41) is 11.5. The minimum absolute atomic E-state index is 0.0541. The van der Waals surface area contributed by atoms with Crippen LogP contribution in [-0.4, -0.2) is 45.7 Å². The van der Waals surface area contributed by atoms with E-state index in [1.165, 1.54) is 12.1 Å². The van der Waals surface area contributed by atoms with Crippen molar-refractivity contribution in [2.45, 2.75) is 90.8 Å². The van der Waals surface area contributed by atoms with E-state index in [9.17, 15) is 18.8 Å². The van der Waals surface area contributed by atoms with Crippen molar-refractivity contribution in [1.29, 1.82) is 0 Å². The van der Waals surface area contributed by atoms with Gasteiger partial charge in [-0.1, -0.05) is 52.7 Å². The topological polar surface area (TPSA) is 99.1 Å². The van der Waals surface area contributed by atoms with Crippen molar-refractivity contribution < 1.29 is 23.9 Å². The van der Waals surface area contributed by atoms with E-state index in [-0.39, 0.29) is 42.1 Å². The number of carbonyl (C=O) groups is 3. The van der Waals surface area contributed by atoms with Crippen LogP contribution in [0, 0.1) is 17.2 Å². The number of carbonyl (C=O) groups excluding carboxylic acids is 2. The second-order valence-corrected chi connectivity index (χ2v) is 12.1. The molecule has 1 unspecified atom stereocenters. The summed E-state index contributed by atoms with van der Waals surface area (Å²) in [5.74, 6) is -1.26. The molecule has 0 aromatic heterocycles. The Morgan fingerprint density at radius 3 is 2.29 bits per heavy atom. The molecule has 1 saturated carbocycles. The van der Waals surface area contributed by atoms with Gasteiger partial charge in [-0.15, -0.1) is 0 Å². The number of rotatable bonds is 11. The minimum atomic E-state index is -0.971. The molecule has 2 aliphatic rings. The van der Waals surface area contributed by atoms with Gasteiger partial charge in [-0.2, -0.15) is 0 Å². The van der Waals surface area contributed by atoms with Crippen LogP contribution in [0.1, 0.15) is 107 Å². The molecule has 2 aromatic carbocycles. The van der Waals surface area contributed by atoms with Crippen molar-refractivity contribution in [1.82, 2.24) is 10.2 Å². The third kappa shape index (κ3) is 6.52. The van der Waals surface area contributed by atoms with E-state index in [0.717, 1.165) is 50.5 Å². The smallest absolute Gasteiger partial charge is 0.305 e. The molecular weight excluding hydrogens is 521 g/mol. The van der Waals surface area contributed by atoms with Crippen LogP contribution < -0.4 is 5.32 Å². The molecule has 1 aliphatic heterocycles. The number of carboxylic acid groups (broad SMARTS) is 1. The predicted molar refractivity (Wildman–Crippen MR) is 157 cm³/mol. The highest BCUT2D eigenvalue weighted by Gasteiger charge is 2.52. The van der Waals surface area contributed by atoms with Crippen molar-refractivity contribution in [3.63, 3.8) is 0 Å².